The SMILES string of the molecule is COc1ncccc1CN(C)C[C@@H]1CCCN(C)[C@H]1c1ccnn1C. The van der Waals surface area contributed by atoms with Crippen molar-refractivity contribution in [3.8, 4) is 5.88 Å². The maximum absolute atomic E-state index is 5.39. The molecule has 6 heteroatoms. The van der Waals surface area contributed by atoms with E-state index in [0.29, 0.717) is 12.0 Å². The molecule has 0 spiro atoms. The van der Waals surface area contributed by atoms with E-state index in [1.165, 1.54) is 18.5 Å². The zero-order chi connectivity index (χ0) is 17.8. The van der Waals surface area contributed by atoms with Crippen molar-refractivity contribution in [1.29, 1.82) is 0 Å². The zero-order valence-corrected chi connectivity index (χ0v) is 15.7. The Morgan fingerprint density at radius 1 is 1.28 bits per heavy atom. The molecule has 1 saturated heterocycles. The van der Waals surface area contributed by atoms with Crippen molar-refractivity contribution in [1.82, 2.24) is 24.6 Å². The highest BCUT2D eigenvalue weighted by atomic mass is 16.5. The van der Waals surface area contributed by atoms with Crippen LogP contribution < -0.4 is 4.74 Å². The lowest BCUT2D eigenvalue weighted by atomic mass is 9.87. The zero-order valence-electron chi connectivity index (χ0n) is 15.7. The molecule has 3 heterocycles. The molecule has 0 aliphatic carbocycles. The van der Waals surface area contributed by atoms with Crippen LogP contribution in [0.1, 0.15) is 30.1 Å². The van der Waals surface area contributed by atoms with Gasteiger partial charge in [-0.25, -0.2) is 4.98 Å². The average Bonchev–Trinajstić information content (AvgIpc) is 3.01. The van der Waals surface area contributed by atoms with Crippen LogP contribution in [0.15, 0.2) is 30.6 Å². The van der Waals surface area contributed by atoms with E-state index in [1.54, 1.807) is 13.3 Å². The summed E-state index contributed by atoms with van der Waals surface area (Å²) in [7, 11) is 8.13. The first-order valence-electron chi connectivity index (χ1n) is 8.94. The first kappa shape index (κ1) is 17.9. The number of methoxy groups -OCH3 is 1. The van der Waals surface area contributed by atoms with Crippen LogP contribution >= 0.6 is 0 Å². The first-order valence-corrected chi connectivity index (χ1v) is 8.94. The topological polar surface area (TPSA) is 46.4 Å². The Balaban J connectivity index is 1.72. The van der Waals surface area contributed by atoms with E-state index in [2.05, 4.69) is 46.1 Å². The molecular formula is C19H29N5O. The molecule has 0 amide bonds. The Hall–Kier alpha value is -1.92. The number of nitrogens with zero attached hydrogens (tertiary/aromatic N) is 5. The van der Waals surface area contributed by atoms with Gasteiger partial charge in [0.25, 0.3) is 0 Å². The van der Waals surface area contributed by atoms with Gasteiger partial charge in [0.2, 0.25) is 5.88 Å². The van der Waals surface area contributed by atoms with Gasteiger partial charge in [0.1, 0.15) is 0 Å². The number of pyridine rings is 1. The van der Waals surface area contributed by atoms with Gasteiger partial charge >= 0.3 is 0 Å². The van der Waals surface area contributed by atoms with Gasteiger partial charge in [-0.1, -0.05) is 6.07 Å². The fraction of sp³-hybridized carbons (Fsp3) is 0.579. The van der Waals surface area contributed by atoms with Crippen LogP contribution in [-0.2, 0) is 13.6 Å². The van der Waals surface area contributed by atoms with Gasteiger partial charge in [-0.15, -0.1) is 0 Å². The van der Waals surface area contributed by atoms with E-state index in [9.17, 15) is 0 Å². The molecule has 6 nitrogen and oxygen atoms in total. The Labute approximate surface area is 150 Å². The minimum atomic E-state index is 0.416. The molecule has 2 aromatic heterocycles. The van der Waals surface area contributed by atoms with Gasteiger partial charge in [0.15, 0.2) is 0 Å². The number of hydrogen-bond donors (Lipinski definition) is 0. The molecule has 0 saturated carbocycles. The summed E-state index contributed by atoms with van der Waals surface area (Å²) < 4.78 is 7.41. The summed E-state index contributed by atoms with van der Waals surface area (Å²) >= 11 is 0. The molecule has 136 valence electrons. The fourth-order valence-electron chi connectivity index (χ4n) is 4.08. The minimum absolute atomic E-state index is 0.416. The third kappa shape index (κ3) is 4.02. The van der Waals surface area contributed by atoms with E-state index in [0.717, 1.165) is 31.1 Å². The van der Waals surface area contributed by atoms with Gasteiger partial charge < -0.3 is 9.64 Å². The molecule has 0 bridgehead atoms. The minimum Gasteiger partial charge on any atom is -0.481 e. The van der Waals surface area contributed by atoms with Crippen LogP contribution in [0.3, 0.4) is 0 Å². The van der Waals surface area contributed by atoms with Crippen molar-refractivity contribution in [3.63, 3.8) is 0 Å². The largest absolute Gasteiger partial charge is 0.481 e. The lowest BCUT2D eigenvalue weighted by Gasteiger charge is -2.40. The van der Waals surface area contributed by atoms with Gasteiger partial charge in [-0.3, -0.25) is 9.58 Å². The molecule has 0 aromatic carbocycles. The average molecular weight is 343 g/mol. The molecule has 0 unspecified atom stereocenters. The third-order valence-electron chi connectivity index (χ3n) is 5.20. The third-order valence-corrected chi connectivity index (χ3v) is 5.20. The summed E-state index contributed by atoms with van der Waals surface area (Å²) in [5.74, 6) is 1.31. The predicted molar refractivity (Wildman–Crippen MR) is 98.4 cm³/mol. The molecule has 3 rings (SSSR count). The maximum Gasteiger partial charge on any atom is 0.217 e. The van der Waals surface area contributed by atoms with Crippen molar-refractivity contribution < 1.29 is 4.74 Å². The molecule has 2 aromatic rings. The van der Waals surface area contributed by atoms with Gasteiger partial charge in [0, 0.05) is 38.1 Å². The second-order valence-electron chi connectivity index (χ2n) is 7.08. The van der Waals surface area contributed by atoms with E-state index < -0.39 is 0 Å². The molecule has 0 radical (unpaired) electrons. The lowest BCUT2D eigenvalue weighted by Crippen LogP contribution is -2.41. The molecule has 1 fully saturated rings. The van der Waals surface area contributed by atoms with Crippen LogP contribution in [-0.4, -0.2) is 58.9 Å². The summed E-state index contributed by atoms with van der Waals surface area (Å²) in [4.78, 5) is 9.17. The fourth-order valence-corrected chi connectivity index (χ4v) is 4.08. The maximum atomic E-state index is 5.39. The van der Waals surface area contributed by atoms with Gasteiger partial charge in [-0.05, 0) is 51.5 Å². The van der Waals surface area contributed by atoms with Crippen molar-refractivity contribution in [2.45, 2.75) is 25.4 Å². The molecular weight excluding hydrogens is 314 g/mol. The molecule has 1 aliphatic rings. The van der Waals surface area contributed by atoms with E-state index in [4.69, 9.17) is 4.74 Å². The van der Waals surface area contributed by atoms with E-state index in [1.807, 2.05) is 24.0 Å². The number of aryl methyl sites for hydroxylation is 1. The number of ether oxygens (including phenoxy) is 1. The summed E-state index contributed by atoms with van der Waals surface area (Å²) in [6, 6.07) is 6.63. The summed E-state index contributed by atoms with van der Waals surface area (Å²) in [6.45, 7) is 3.03. The van der Waals surface area contributed by atoms with Crippen LogP contribution in [0.2, 0.25) is 0 Å². The lowest BCUT2D eigenvalue weighted by molar-refractivity contribution is 0.0870. The Morgan fingerprint density at radius 3 is 2.84 bits per heavy atom. The predicted octanol–water partition coefficient (Wildman–Crippen LogP) is 2.34. The number of aromatic nitrogens is 3. The highest BCUT2D eigenvalue weighted by Gasteiger charge is 2.33. The highest BCUT2D eigenvalue weighted by Crippen LogP contribution is 2.35. The Kier molecular flexibility index (Phi) is 5.71. The van der Waals surface area contributed by atoms with Crippen molar-refractivity contribution in [2.75, 3.05) is 34.3 Å². The second kappa shape index (κ2) is 7.97. The second-order valence-corrected chi connectivity index (χ2v) is 7.08. The molecule has 0 N–H and O–H groups in total. The van der Waals surface area contributed by atoms with Crippen LogP contribution in [0, 0.1) is 5.92 Å². The van der Waals surface area contributed by atoms with Crippen LogP contribution in [0.5, 0.6) is 5.88 Å². The number of hydrogen-bond acceptors (Lipinski definition) is 5. The van der Waals surface area contributed by atoms with Gasteiger partial charge in [-0.2, -0.15) is 5.10 Å². The summed E-state index contributed by atoms with van der Waals surface area (Å²) in [5.41, 5.74) is 2.44. The molecule has 1 aliphatic heterocycles. The number of likely N-dealkylation sites (tertiary alicyclic amines) is 1. The van der Waals surface area contributed by atoms with E-state index in [-0.39, 0.29) is 0 Å². The molecule has 25 heavy (non-hydrogen) atoms. The van der Waals surface area contributed by atoms with Crippen molar-refractivity contribution >= 4 is 0 Å². The smallest absolute Gasteiger partial charge is 0.217 e. The van der Waals surface area contributed by atoms with Gasteiger partial charge in [0.05, 0.1) is 18.8 Å². The van der Waals surface area contributed by atoms with E-state index >= 15 is 0 Å². The van der Waals surface area contributed by atoms with Crippen molar-refractivity contribution in [2.24, 2.45) is 13.0 Å². The quantitative estimate of drug-likeness (QED) is 0.806. The number of rotatable bonds is 6. The normalized spacial score (nSPS) is 21.6. The highest BCUT2D eigenvalue weighted by molar-refractivity contribution is 5.25. The monoisotopic (exact) mass is 343 g/mol. The molecule has 2 atom stereocenters. The Bertz CT molecular complexity index is 686. The standard InChI is InChI=1S/C19H29N5O/c1-22(14-16-7-5-10-20-19(16)25-4)13-15-8-6-12-23(2)18(15)17-9-11-21-24(17)3/h5,7,9-11,15,18H,6,8,12-14H2,1-4H3/t15-,18+/m0/s1. The van der Waals surface area contributed by atoms with Crippen molar-refractivity contribution in [3.05, 3.63) is 41.9 Å². The first-order chi connectivity index (χ1) is 12.1. The summed E-state index contributed by atoms with van der Waals surface area (Å²) in [5, 5.41) is 4.38. The number of piperidine rings is 1. The summed E-state index contributed by atoms with van der Waals surface area (Å²) in [6.07, 6.45) is 6.17. The Morgan fingerprint density at radius 2 is 2.12 bits per heavy atom. The van der Waals surface area contributed by atoms with Crippen LogP contribution in [0.25, 0.3) is 0 Å². The van der Waals surface area contributed by atoms with Crippen LogP contribution in [0.4, 0.5) is 0 Å².